The van der Waals surface area contributed by atoms with Crippen LogP contribution in [0, 0.1) is 0 Å². The van der Waals surface area contributed by atoms with Gasteiger partial charge in [0.25, 0.3) is 5.91 Å². The molecule has 1 aromatic carbocycles. The number of nitrogens with one attached hydrogen (secondary N) is 1. The van der Waals surface area contributed by atoms with Gasteiger partial charge in [0, 0.05) is 6.08 Å². The van der Waals surface area contributed by atoms with E-state index in [2.05, 4.69) is 23.5 Å². The Bertz CT molecular complexity index is 796. The summed E-state index contributed by atoms with van der Waals surface area (Å²) in [7, 11) is 0. The van der Waals surface area contributed by atoms with Crippen LogP contribution in [0.25, 0.3) is 6.08 Å². The van der Waals surface area contributed by atoms with Crippen molar-refractivity contribution in [3.05, 3.63) is 63.4 Å². The largest absolute Gasteiger partial charge is 0.452 e. The first kappa shape index (κ1) is 18.4. The van der Waals surface area contributed by atoms with Crippen molar-refractivity contribution < 1.29 is 14.3 Å². The van der Waals surface area contributed by atoms with Gasteiger partial charge in [-0.1, -0.05) is 18.2 Å². The van der Waals surface area contributed by atoms with E-state index in [-0.39, 0.29) is 18.6 Å². The van der Waals surface area contributed by atoms with Crippen LogP contribution in [-0.4, -0.2) is 18.5 Å². The van der Waals surface area contributed by atoms with Crippen molar-refractivity contribution in [3.63, 3.8) is 0 Å². The third kappa shape index (κ3) is 5.05. The molecule has 4 nitrogen and oxygen atoms in total. The molecule has 5 heteroatoms. The summed E-state index contributed by atoms with van der Waals surface area (Å²) in [5, 5.41) is 6.75. The summed E-state index contributed by atoms with van der Waals surface area (Å²) in [6.45, 7) is 1.67. The van der Waals surface area contributed by atoms with E-state index in [1.165, 1.54) is 30.0 Å². The summed E-state index contributed by atoms with van der Waals surface area (Å²) in [5.74, 6) is -0.819. The van der Waals surface area contributed by atoms with E-state index >= 15 is 0 Å². The molecule has 1 aromatic heterocycles. The Morgan fingerprint density at radius 1 is 1.23 bits per heavy atom. The Balaban J connectivity index is 1.47. The Kier molecular flexibility index (Phi) is 6.23. The summed E-state index contributed by atoms with van der Waals surface area (Å²) in [5.41, 5.74) is 4.84. The molecule has 1 unspecified atom stereocenters. The number of ether oxygens (including phenoxy) is 1. The lowest BCUT2D eigenvalue weighted by Crippen LogP contribution is -2.31. The zero-order valence-corrected chi connectivity index (χ0v) is 15.7. The van der Waals surface area contributed by atoms with Gasteiger partial charge in [-0.2, -0.15) is 11.3 Å². The minimum absolute atomic E-state index is 0.116. The predicted molar refractivity (Wildman–Crippen MR) is 104 cm³/mol. The van der Waals surface area contributed by atoms with Crippen molar-refractivity contribution in [1.29, 1.82) is 0 Å². The molecule has 1 heterocycles. The normalized spacial score (nSPS) is 14.7. The maximum absolute atomic E-state index is 12.0. The summed E-state index contributed by atoms with van der Waals surface area (Å²) < 4.78 is 5.00. The number of amides is 1. The molecule has 0 spiro atoms. The summed E-state index contributed by atoms with van der Waals surface area (Å²) in [4.78, 5) is 23.7. The van der Waals surface area contributed by atoms with Gasteiger partial charge in [-0.3, -0.25) is 4.79 Å². The second-order valence-corrected chi connectivity index (χ2v) is 7.30. The van der Waals surface area contributed by atoms with Gasteiger partial charge in [-0.05, 0) is 77.8 Å². The van der Waals surface area contributed by atoms with Crippen LogP contribution in [0.5, 0.6) is 0 Å². The van der Waals surface area contributed by atoms with E-state index in [9.17, 15) is 9.59 Å². The number of carbonyl (C=O) groups is 2. The highest BCUT2D eigenvalue weighted by atomic mass is 32.1. The zero-order chi connectivity index (χ0) is 18.4. The molecular weight excluding hydrogens is 346 g/mol. The summed E-state index contributed by atoms with van der Waals surface area (Å²) in [6, 6.07) is 8.22. The van der Waals surface area contributed by atoms with Crippen molar-refractivity contribution in [1.82, 2.24) is 5.32 Å². The van der Waals surface area contributed by atoms with Gasteiger partial charge >= 0.3 is 5.97 Å². The van der Waals surface area contributed by atoms with Crippen molar-refractivity contribution in [2.24, 2.45) is 0 Å². The quantitative estimate of drug-likeness (QED) is 0.617. The second-order valence-electron chi connectivity index (χ2n) is 6.52. The number of hydrogen-bond acceptors (Lipinski definition) is 4. The van der Waals surface area contributed by atoms with Crippen molar-refractivity contribution in [3.8, 4) is 0 Å². The maximum Gasteiger partial charge on any atom is 0.331 e. The zero-order valence-electron chi connectivity index (χ0n) is 14.9. The molecule has 0 bridgehead atoms. The van der Waals surface area contributed by atoms with Crippen LogP contribution < -0.4 is 5.32 Å². The molecule has 1 aliphatic carbocycles. The first-order valence-electron chi connectivity index (χ1n) is 8.90. The lowest BCUT2D eigenvalue weighted by molar-refractivity contribution is -0.144. The predicted octanol–water partition coefficient (Wildman–Crippen LogP) is 4.06. The lowest BCUT2D eigenvalue weighted by atomic mass is 9.89. The van der Waals surface area contributed by atoms with E-state index in [4.69, 9.17) is 4.74 Å². The number of hydrogen-bond donors (Lipinski definition) is 1. The number of esters is 1. The third-order valence-corrected chi connectivity index (χ3v) is 5.25. The standard InChI is InChI=1S/C21H23NO3S/c1-15(18-8-7-17-4-2-3-5-19(17)12-18)22-20(23)13-25-21(24)9-6-16-10-11-26-14-16/h6-12,14-15H,2-5,13H2,1H3,(H,22,23)/b9-6+. The van der Waals surface area contributed by atoms with Gasteiger partial charge in [0.1, 0.15) is 0 Å². The average molecular weight is 369 g/mol. The van der Waals surface area contributed by atoms with E-state index < -0.39 is 5.97 Å². The van der Waals surface area contributed by atoms with Crippen LogP contribution in [0.4, 0.5) is 0 Å². The molecule has 26 heavy (non-hydrogen) atoms. The maximum atomic E-state index is 12.0. The van der Waals surface area contributed by atoms with Crippen molar-refractivity contribution in [2.75, 3.05) is 6.61 Å². The fourth-order valence-electron chi connectivity index (χ4n) is 3.11. The van der Waals surface area contributed by atoms with Gasteiger partial charge in [0.05, 0.1) is 6.04 Å². The number of carbonyl (C=O) groups excluding carboxylic acids is 2. The van der Waals surface area contributed by atoms with Gasteiger partial charge in [-0.25, -0.2) is 4.79 Å². The van der Waals surface area contributed by atoms with E-state index in [0.717, 1.165) is 24.0 Å². The molecule has 1 amide bonds. The second kappa shape index (κ2) is 8.81. The molecule has 0 saturated carbocycles. The van der Waals surface area contributed by atoms with Crippen molar-refractivity contribution >= 4 is 29.3 Å². The highest BCUT2D eigenvalue weighted by molar-refractivity contribution is 7.08. The molecule has 0 saturated heterocycles. The van der Waals surface area contributed by atoms with Crippen LogP contribution in [0.3, 0.4) is 0 Å². The Morgan fingerprint density at radius 2 is 2.04 bits per heavy atom. The summed E-state index contributed by atoms with van der Waals surface area (Å²) >= 11 is 1.56. The van der Waals surface area contributed by atoms with Gasteiger partial charge in [-0.15, -0.1) is 0 Å². The fraction of sp³-hybridized carbons (Fsp3) is 0.333. The number of fused-ring (bicyclic) bond motifs is 1. The monoisotopic (exact) mass is 369 g/mol. The molecule has 1 N–H and O–H groups in total. The van der Waals surface area contributed by atoms with Crippen LogP contribution in [0.15, 0.2) is 41.1 Å². The number of benzene rings is 1. The lowest BCUT2D eigenvalue weighted by Gasteiger charge is -2.20. The topological polar surface area (TPSA) is 55.4 Å². The van der Waals surface area contributed by atoms with Crippen molar-refractivity contribution in [2.45, 2.75) is 38.6 Å². The molecule has 0 aliphatic heterocycles. The van der Waals surface area contributed by atoms with Crippen LogP contribution in [0.2, 0.25) is 0 Å². The molecule has 136 valence electrons. The smallest absolute Gasteiger partial charge is 0.331 e. The highest BCUT2D eigenvalue weighted by Gasteiger charge is 2.14. The Morgan fingerprint density at radius 3 is 2.81 bits per heavy atom. The van der Waals surface area contributed by atoms with Crippen LogP contribution in [-0.2, 0) is 27.2 Å². The summed E-state index contributed by atoms with van der Waals surface area (Å²) in [6.07, 6.45) is 7.74. The SMILES string of the molecule is CC(NC(=O)COC(=O)/C=C/c1ccsc1)c1ccc2c(c1)CCCC2. The first-order chi connectivity index (χ1) is 12.6. The Hall–Kier alpha value is -2.40. The first-order valence-corrected chi connectivity index (χ1v) is 9.84. The van der Waals surface area contributed by atoms with E-state index in [1.54, 1.807) is 17.4 Å². The molecule has 2 aromatic rings. The molecule has 0 radical (unpaired) electrons. The fourth-order valence-corrected chi connectivity index (χ4v) is 3.74. The van der Waals surface area contributed by atoms with Gasteiger partial charge in [0.2, 0.25) is 0 Å². The molecule has 3 rings (SSSR count). The number of rotatable bonds is 6. The molecule has 1 atom stereocenters. The van der Waals surface area contributed by atoms with Gasteiger partial charge < -0.3 is 10.1 Å². The number of thiophene rings is 1. The average Bonchev–Trinajstić information content (AvgIpc) is 3.18. The minimum Gasteiger partial charge on any atom is -0.452 e. The Labute approximate surface area is 157 Å². The van der Waals surface area contributed by atoms with Crippen LogP contribution >= 0.6 is 11.3 Å². The molecular formula is C21H23NO3S. The van der Waals surface area contributed by atoms with E-state index in [1.807, 2.05) is 23.8 Å². The minimum atomic E-state index is -0.521. The van der Waals surface area contributed by atoms with E-state index in [0.29, 0.717) is 0 Å². The molecule has 1 aliphatic rings. The van der Waals surface area contributed by atoms with Gasteiger partial charge in [0.15, 0.2) is 6.61 Å². The van der Waals surface area contributed by atoms with Crippen LogP contribution in [0.1, 0.15) is 48.1 Å². The molecule has 0 fully saturated rings. The number of aryl methyl sites for hydroxylation is 2. The third-order valence-electron chi connectivity index (χ3n) is 4.55. The highest BCUT2D eigenvalue weighted by Crippen LogP contribution is 2.24.